The molecule has 0 aliphatic carbocycles. The van der Waals surface area contributed by atoms with Crippen molar-refractivity contribution >= 4 is 10.0 Å². The Kier molecular flexibility index (Phi) is 6.55. The third kappa shape index (κ3) is 4.19. The van der Waals surface area contributed by atoms with Crippen molar-refractivity contribution in [2.75, 3.05) is 38.5 Å². The van der Waals surface area contributed by atoms with Crippen molar-refractivity contribution in [3.63, 3.8) is 0 Å². The van der Waals surface area contributed by atoms with Gasteiger partial charge in [0.15, 0.2) is 0 Å². The first kappa shape index (κ1) is 15.9. The van der Waals surface area contributed by atoms with Crippen molar-refractivity contribution in [2.45, 2.75) is 39.2 Å². The van der Waals surface area contributed by atoms with E-state index in [4.69, 9.17) is 5.73 Å². The number of nitrogens with two attached hydrogens (primary N) is 1. The van der Waals surface area contributed by atoms with E-state index in [9.17, 15) is 8.42 Å². The molecule has 1 unspecified atom stereocenters. The first-order chi connectivity index (χ1) is 8.55. The molecule has 18 heavy (non-hydrogen) atoms. The van der Waals surface area contributed by atoms with Crippen LogP contribution in [0.2, 0.25) is 0 Å². The molecule has 1 atom stereocenters. The topological polar surface area (TPSA) is 66.6 Å². The van der Waals surface area contributed by atoms with E-state index in [1.807, 2.05) is 6.92 Å². The second-order valence-corrected chi connectivity index (χ2v) is 7.02. The Balaban J connectivity index is 2.50. The minimum Gasteiger partial charge on any atom is -0.329 e. The van der Waals surface area contributed by atoms with E-state index in [0.29, 0.717) is 32.1 Å². The molecule has 1 aliphatic rings. The van der Waals surface area contributed by atoms with Crippen LogP contribution in [0.25, 0.3) is 0 Å². The lowest BCUT2D eigenvalue weighted by molar-refractivity contribution is 0.133. The van der Waals surface area contributed by atoms with Crippen LogP contribution in [0.1, 0.15) is 33.1 Å². The summed E-state index contributed by atoms with van der Waals surface area (Å²) in [6.07, 6.45) is 2.90. The molecule has 0 bridgehead atoms. The quantitative estimate of drug-likeness (QED) is 0.734. The van der Waals surface area contributed by atoms with Crippen LogP contribution < -0.4 is 5.73 Å². The summed E-state index contributed by atoms with van der Waals surface area (Å²) in [6, 6.07) is 0.408. The van der Waals surface area contributed by atoms with E-state index in [0.717, 1.165) is 25.9 Å². The van der Waals surface area contributed by atoms with Crippen molar-refractivity contribution in [3.8, 4) is 0 Å². The van der Waals surface area contributed by atoms with Gasteiger partial charge in [-0.3, -0.25) is 4.90 Å². The zero-order chi connectivity index (χ0) is 13.6. The van der Waals surface area contributed by atoms with E-state index >= 15 is 0 Å². The van der Waals surface area contributed by atoms with Crippen LogP contribution in [0.15, 0.2) is 0 Å². The fourth-order valence-electron chi connectivity index (χ4n) is 2.52. The smallest absolute Gasteiger partial charge is 0.214 e. The standard InChI is InChI=1S/C12H27N3O2S/c1-3-5-12(11-13)14-6-8-15(9-7-14)18(16,17)10-4-2/h12H,3-11,13H2,1-2H3. The highest BCUT2D eigenvalue weighted by molar-refractivity contribution is 7.89. The van der Waals surface area contributed by atoms with Crippen molar-refractivity contribution in [1.82, 2.24) is 9.21 Å². The van der Waals surface area contributed by atoms with Gasteiger partial charge in [-0.1, -0.05) is 20.3 Å². The zero-order valence-electron chi connectivity index (χ0n) is 11.6. The molecule has 0 aromatic carbocycles. The molecule has 1 fully saturated rings. The van der Waals surface area contributed by atoms with Gasteiger partial charge in [-0.05, 0) is 12.8 Å². The summed E-state index contributed by atoms with van der Waals surface area (Å²) in [6.45, 7) is 7.57. The SMILES string of the molecule is CCCC(CN)N1CCN(S(=O)(=O)CCC)CC1. The van der Waals surface area contributed by atoms with Gasteiger partial charge in [-0.15, -0.1) is 0 Å². The van der Waals surface area contributed by atoms with Crippen LogP contribution in [0, 0.1) is 0 Å². The number of hydrogen-bond acceptors (Lipinski definition) is 4. The van der Waals surface area contributed by atoms with Gasteiger partial charge in [0.2, 0.25) is 10.0 Å². The molecule has 0 amide bonds. The first-order valence-corrected chi connectivity index (χ1v) is 8.58. The molecule has 5 nitrogen and oxygen atoms in total. The number of rotatable bonds is 7. The summed E-state index contributed by atoms with van der Waals surface area (Å²) in [7, 11) is -3.03. The van der Waals surface area contributed by atoms with Crippen molar-refractivity contribution in [2.24, 2.45) is 5.73 Å². The molecule has 0 spiro atoms. The maximum atomic E-state index is 11.9. The average Bonchev–Trinajstić information content (AvgIpc) is 2.36. The predicted molar refractivity (Wildman–Crippen MR) is 75.0 cm³/mol. The molecular formula is C12H27N3O2S. The lowest BCUT2D eigenvalue weighted by atomic mass is 10.1. The third-order valence-corrected chi connectivity index (χ3v) is 5.62. The Morgan fingerprint density at radius 3 is 2.17 bits per heavy atom. The van der Waals surface area contributed by atoms with Crippen LogP contribution in [-0.4, -0.2) is 62.1 Å². The molecule has 0 aromatic heterocycles. The fraction of sp³-hybridized carbons (Fsp3) is 1.00. The minimum atomic E-state index is -3.03. The molecule has 0 aromatic rings. The molecule has 2 N–H and O–H groups in total. The second-order valence-electron chi connectivity index (χ2n) is 4.93. The van der Waals surface area contributed by atoms with Gasteiger partial charge in [0.1, 0.15) is 0 Å². The highest BCUT2D eigenvalue weighted by Gasteiger charge is 2.28. The summed E-state index contributed by atoms with van der Waals surface area (Å²) in [5.41, 5.74) is 5.78. The van der Waals surface area contributed by atoms with Crippen LogP contribution in [0.5, 0.6) is 0 Å². The normalized spacial score (nSPS) is 21.1. The van der Waals surface area contributed by atoms with Crippen molar-refractivity contribution in [3.05, 3.63) is 0 Å². The Hall–Kier alpha value is -0.170. The maximum absolute atomic E-state index is 11.9. The monoisotopic (exact) mass is 277 g/mol. The summed E-state index contributed by atoms with van der Waals surface area (Å²) in [4.78, 5) is 2.33. The summed E-state index contributed by atoms with van der Waals surface area (Å²) in [5.74, 6) is 0.266. The summed E-state index contributed by atoms with van der Waals surface area (Å²) in [5, 5.41) is 0. The fourth-order valence-corrected chi connectivity index (χ4v) is 4.01. The molecule has 0 radical (unpaired) electrons. The molecule has 6 heteroatoms. The van der Waals surface area contributed by atoms with Gasteiger partial charge >= 0.3 is 0 Å². The van der Waals surface area contributed by atoms with E-state index in [2.05, 4.69) is 11.8 Å². The van der Waals surface area contributed by atoms with Gasteiger partial charge in [-0.25, -0.2) is 8.42 Å². The Morgan fingerprint density at radius 1 is 1.11 bits per heavy atom. The van der Waals surface area contributed by atoms with Crippen LogP contribution in [0.3, 0.4) is 0 Å². The summed E-state index contributed by atoms with van der Waals surface area (Å²) < 4.78 is 25.5. The Labute approximate surface area is 111 Å². The zero-order valence-corrected chi connectivity index (χ0v) is 12.5. The minimum absolute atomic E-state index is 0.266. The van der Waals surface area contributed by atoms with Gasteiger partial charge in [0.25, 0.3) is 0 Å². The molecule has 1 saturated heterocycles. The maximum Gasteiger partial charge on any atom is 0.214 e. The average molecular weight is 277 g/mol. The number of nitrogens with zero attached hydrogens (tertiary/aromatic N) is 2. The second kappa shape index (κ2) is 7.43. The van der Waals surface area contributed by atoms with Gasteiger partial charge in [0, 0.05) is 38.8 Å². The van der Waals surface area contributed by atoms with Crippen molar-refractivity contribution < 1.29 is 8.42 Å². The molecule has 1 heterocycles. The van der Waals surface area contributed by atoms with E-state index in [1.54, 1.807) is 4.31 Å². The molecule has 1 aliphatic heterocycles. The van der Waals surface area contributed by atoms with E-state index in [-0.39, 0.29) is 5.75 Å². The van der Waals surface area contributed by atoms with Crippen LogP contribution >= 0.6 is 0 Å². The lowest BCUT2D eigenvalue weighted by Crippen LogP contribution is -2.53. The van der Waals surface area contributed by atoms with Crippen molar-refractivity contribution in [1.29, 1.82) is 0 Å². The predicted octanol–water partition coefficient (Wildman–Crippen LogP) is 0.471. The highest BCUT2D eigenvalue weighted by atomic mass is 32.2. The number of hydrogen-bond donors (Lipinski definition) is 1. The third-order valence-electron chi connectivity index (χ3n) is 3.54. The largest absolute Gasteiger partial charge is 0.329 e. The van der Waals surface area contributed by atoms with Crippen LogP contribution in [0.4, 0.5) is 0 Å². The van der Waals surface area contributed by atoms with E-state index in [1.165, 1.54) is 0 Å². The van der Waals surface area contributed by atoms with Crippen LogP contribution in [-0.2, 0) is 10.0 Å². The highest BCUT2D eigenvalue weighted by Crippen LogP contribution is 2.13. The van der Waals surface area contributed by atoms with Gasteiger partial charge < -0.3 is 5.73 Å². The lowest BCUT2D eigenvalue weighted by Gasteiger charge is -2.38. The van der Waals surface area contributed by atoms with Gasteiger partial charge in [0.05, 0.1) is 5.75 Å². The Bertz CT molecular complexity index is 324. The molecule has 108 valence electrons. The van der Waals surface area contributed by atoms with Gasteiger partial charge in [-0.2, -0.15) is 4.31 Å². The molecule has 1 rings (SSSR count). The summed E-state index contributed by atoms with van der Waals surface area (Å²) >= 11 is 0. The Morgan fingerprint density at radius 2 is 1.72 bits per heavy atom. The number of piperazine rings is 1. The first-order valence-electron chi connectivity index (χ1n) is 6.97. The van der Waals surface area contributed by atoms with E-state index < -0.39 is 10.0 Å². The molecular weight excluding hydrogens is 250 g/mol. The number of sulfonamides is 1. The molecule has 0 saturated carbocycles.